The molecule has 0 radical (unpaired) electrons. The first-order valence-electron chi connectivity index (χ1n) is 11.7. The van der Waals surface area contributed by atoms with E-state index in [-0.39, 0.29) is 7.25 Å². The predicted molar refractivity (Wildman–Crippen MR) is 136 cm³/mol. The molecule has 30 heavy (non-hydrogen) atoms. The molecule has 0 N–H and O–H groups in total. The molecule has 2 aromatic carbocycles. The normalized spacial score (nSPS) is 23.0. The summed E-state index contributed by atoms with van der Waals surface area (Å²) in [5, 5.41) is 0. The van der Waals surface area contributed by atoms with Gasteiger partial charge in [0.1, 0.15) is 0 Å². The maximum atomic E-state index is 8.50. The van der Waals surface area contributed by atoms with Crippen LogP contribution < -0.4 is 0 Å². The van der Waals surface area contributed by atoms with Crippen LogP contribution in [0.2, 0.25) is 10.7 Å². The summed E-state index contributed by atoms with van der Waals surface area (Å²) in [6.45, 7) is 8.52. The van der Waals surface area contributed by atoms with Crippen LogP contribution in [0.25, 0.3) is 12.2 Å². The fraction of sp³-hybridized carbons (Fsp3) is 0.385. The van der Waals surface area contributed by atoms with Gasteiger partial charge in [0.15, 0.2) is 0 Å². The molecule has 0 heterocycles. The van der Waals surface area contributed by atoms with Crippen LogP contribution in [0.4, 0.5) is 0 Å². The fourth-order valence-corrected chi connectivity index (χ4v) is 50.3. The van der Waals surface area contributed by atoms with Crippen LogP contribution in [0, 0.1) is 0 Å². The molecule has 0 amide bonds. The molecule has 2 aliphatic carbocycles. The van der Waals surface area contributed by atoms with Crippen LogP contribution in [-0.2, 0) is 14.1 Å². The summed E-state index contributed by atoms with van der Waals surface area (Å²) in [6.07, 6.45) is 7.91. The summed E-state index contributed by atoms with van der Waals surface area (Å²) < 4.78 is 1.44. The first-order chi connectivity index (χ1) is 14.3. The van der Waals surface area contributed by atoms with Crippen LogP contribution in [0.15, 0.2) is 59.7 Å². The van der Waals surface area contributed by atoms with Crippen molar-refractivity contribution in [2.45, 2.75) is 58.0 Å². The van der Waals surface area contributed by atoms with E-state index in [4.69, 9.17) is 17.0 Å². The van der Waals surface area contributed by atoms with E-state index in [0.29, 0.717) is 0 Å². The van der Waals surface area contributed by atoms with Gasteiger partial charge in [0, 0.05) is 0 Å². The number of hydrogen-bond acceptors (Lipinski definition) is 0. The molecule has 160 valence electrons. The third-order valence-electron chi connectivity index (χ3n) is 8.27. The number of fused-ring (bicyclic) bond motifs is 2. The van der Waals surface area contributed by atoms with E-state index in [9.17, 15) is 0 Å². The summed E-state index contributed by atoms with van der Waals surface area (Å²) in [5.41, 5.74) is 8.43. The number of allylic oxidation sites excluding steroid dienone is 2. The van der Waals surface area contributed by atoms with Gasteiger partial charge in [0.2, 0.25) is 0 Å². The van der Waals surface area contributed by atoms with Crippen molar-refractivity contribution in [3.05, 3.63) is 81.9 Å². The van der Waals surface area contributed by atoms with E-state index in [0.717, 1.165) is 23.4 Å². The van der Waals surface area contributed by atoms with Crippen LogP contribution in [0.3, 0.4) is 0 Å². The molecule has 2 aliphatic rings. The van der Waals surface area contributed by atoms with Crippen molar-refractivity contribution in [1.82, 2.24) is 0 Å². The molecule has 0 fully saturated rings. The van der Waals surface area contributed by atoms with Gasteiger partial charge in [0.05, 0.1) is 0 Å². The minimum atomic E-state index is -4.97. The molecule has 0 aromatic heterocycles. The third-order valence-corrected chi connectivity index (χ3v) is 63.2. The number of halogens is 2. The van der Waals surface area contributed by atoms with Gasteiger partial charge in [0.25, 0.3) is 0 Å². The predicted octanol–water partition coefficient (Wildman–Crippen LogP) is 8.58. The van der Waals surface area contributed by atoms with Crippen molar-refractivity contribution in [2.24, 2.45) is 0 Å². The second-order valence-electron chi connectivity index (χ2n) is 9.65. The SMILES string of the molecule is CC[CH2][Zr]([Cl])([Cl])([SiH2]C)([CH]1C(CC)=Cc2ccccc21)[CH]1C(CC)=Cc2ccccc21. The monoisotopic (exact) mass is 534 g/mol. The van der Waals surface area contributed by atoms with Crippen molar-refractivity contribution >= 4 is 35.8 Å². The van der Waals surface area contributed by atoms with E-state index < -0.39 is 20.7 Å². The summed E-state index contributed by atoms with van der Waals surface area (Å²) in [5.74, 6) is 0. The van der Waals surface area contributed by atoms with Gasteiger partial charge >= 0.3 is 190 Å². The Labute approximate surface area is 188 Å². The minimum absolute atomic E-state index is 0.221. The van der Waals surface area contributed by atoms with E-state index in [2.05, 4.69) is 88.0 Å². The standard InChI is InChI=1S/2C11H11.C3H7.CH5Si.2ClH.Zr/c2*1-2-9-7-10-5-3-4-6-11(10)8-9;1-3-2;1-2;;;/h2*3-8H,2H2,1H3;1,3H2,2H3;2H2,1H3;2*1H;/q;;;;;;+2/p-2. The van der Waals surface area contributed by atoms with E-state index in [1.54, 1.807) is 0 Å². The Balaban J connectivity index is 2.10. The second-order valence-corrected chi connectivity index (χ2v) is 63.0. The van der Waals surface area contributed by atoms with E-state index >= 15 is 0 Å². The molecule has 2 unspecified atom stereocenters. The Morgan fingerprint density at radius 2 is 1.20 bits per heavy atom. The van der Waals surface area contributed by atoms with Crippen LogP contribution in [0.5, 0.6) is 0 Å². The molecule has 2 atom stereocenters. The van der Waals surface area contributed by atoms with Gasteiger partial charge in [-0.1, -0.05) is 0 Å². The molecular weight excluding hydrogens is 503 g/mol. The van der Waals surface area contributed by atoms with Crippen molar-refractivity contribution in [1.29, 1.82) is 0 Å². The van der Waals surface area contributed by atoms with E-state index in [1.807, 2.05) is 0 Å². The second kappa shape index (κ2) is 7.58. The van der Waals surface area contributed by atoms with Gasteiger partial charge in [-0.2, -0.15) is 0 Å². The Morgan fingerprint density at radius 1 is 0.767 bits per heavy atom. The summed E-state index contributed by atoms with van der Waals surface area (Å²) >= 11 is -4.97. The quantitative estimate of drug-likeness (QED) is 0.311. The molecule has 2 aromatic rings. The van der Waals surface area contributed by atoms with Crippen LogP contribution in [0.1, 0.15) is 69.5 Å². The van der Waals surface area contributed by atoms with Crippen LogP contribution >= 0.6 is 17.0 Å². The number of rotatable bonds is 7. The summed E-state index contributed by atoms with van der Waals surface area (Å²) in [4.78, 5) is 0. The average Bonchev–Trinajstić information content (AvgIpc) is 3.34. The van der Waals surface area contributed by atoms with E-state index in [1.165, 1.54) is 33.4 Å². The molecule has 0 saturated heterocycles. The zero-order valence-electron chi connectivity index (χ0n) is 18.7. The topological polar surface area (TPSA) is 0 Å². The molecular formula is C26H34Cl2SiZr. The summed E-state index contributed by atoms with van der Waals surface area (Å²) in [6, 6.07) is 17.8. The Morgan fingerprint density at radius 3 is 1.57 bits per heavy atom. The maximum absolute atomic E-state index is 8.50. The fourth-order valence-electron chi connectivity index (χ4n) is 6.96. The van der Waals surface area contributed by atoms with Gasteiger partial charge in [-0.25, -0.2) is 0 Å². The first kappa shape index (κ1) is 22.8. The van der Waals surface area contributed by atoms with Crippen LogP contribution in [-0.4, -0.2) is 6.65 Å². The Bertz CT molecular complexity index is 993. The summed E-state index contributed by atoms with van der Waals surface area (Å²) in [7, 11) is 17.0. The average molecular weight is 537 g/mol. The molecule has 0 bridgehead atoms. The van der Waals surface area contributed by atoms with Gasteiger partial charge in [-0.05, 0) is 0 Å². The first-order valence-corrected chi connectivity index (χ1v) is 29.9. The Kier molecular flexibility index (Phi) is 5.76. The van der Waals surface area contributed by atoms with Crippen molar-refractivity contribution in [3.8, 4) is 0 Å². The number of benzene rings is 2. The van der Waals surface area contributed by atoms with Crippen molar-refractivity contribution < 1.29 is 14.1 Å². The molecule has 0 nitrogen and oxygen atoms in total. The van der Waals surface area contributed by atoms with Gasteiger partial charge < -0.3 is 0 Å². The van der Waals surface area contributed by atoms with Gasteiger partial charge in [-0.15, -0.1) is 0 Å². The zero-order valence-corrected chi connectivity index (χ0v) is 24.1. The molecule has 4 rings (SSSR count). The molecule has 4 heteroatoms. The zero-order chi connectivity index (χ0) is 21.6. The molecule has 0 saturated carbocycles. The molecule has 0 spiro atoms. The van der Waals surface area contributed by atoms with Gasteiger partial charge in [-0.3, -0.25) is 0 Å². The van der Waals surface area contributed by atoms with Crippen molar-refractivity contribution in [2.75, 3.05) is 0 Å². The number of hydrogen-bond donors (Lipinski definition) is 0. The van der Waals surface area contributed by atoms with Crippen molar-refractivity contribution in [3.63, 3.8) is 0 Å². The third kappa shape index (κ3) is 3.01. The Hall–Kier alpha value is -0.400. The molecule has 0 aliphatic heterocycles.